The number of nitrogens with zero attached hydrogens (tertiary/aromatic N) is 2. The van der Waals surface area contributed by atoms with E-state index in [1.165, 1.54) is 6.21 Å². The van der Waals surface area contributed by atoms with Crippen molar-refractivity contribution in [1.29, 1.82) is 0 Å². The number of hydrogen-bond acceptors (Lipinski definition) is 3. The molecule has 3 rings (SSSR count). The summed E-state index contributed by atoms with van der Waals surface area (Å²) in [5.74, 6) is 0.204. The van der Waals surface area contributed by atoms with E-state index in [0.717, 1.165) is 16.5 Å². The van der Waals surface area contributed by atoms with E-state index in [4.69, 9.17) is 5.21 Å². The Hall–Kier alpha value is -2.75. The van der Waals surface area contributed by atoms with E-state index in [1.807, 2.05) is 47.2 Å². The van der Waals surface area contributed by atoms with E-state index in [2.05, 4.69) is 5.16 Å². The van der Waals surface area contributed by atoms with Crippen LogP contribution in [-0.2, 0) is 0 Å². The molecule has 0 aliphatic heterocycles. The minimum atomic E-state index is 0.204. The van der Waals surface area contributed by atoms with Gasteiger partial charge in [0.05, 0.1) is 17.4 Å². The average molecular weight is 252 g/mol. The Labute approximate surface area is 109 Å². The van der Waals surface area contributed by atoms with Gasteiger partial charge in [-0.1, -0.05) is 35.5 Å². The van der Waals surface area contributed by atoms with Gasteiger partial charge in [-0.2, -0.15) is 0 Å². The lowest BCUT2D eigenvalue weighted by molar-refractivity contribution is 0.322. The molecule has 0 fully saturated rings. The molecule has 0 spiro atoms. The van der Waals surface area contributed by atoms with Gasteiger partial charge in [0.2, 0.25) is 0 Å². The van der Waals surface area contributed by atoms with Gasteiger partial charge < -0.3 is 14.9 Å². The highest BCUT2D eigenvalue weighted by Gasteiger charge is 2.10. The van der Waals surface area contributed by atoms with Crippen molar-refractivity contribution in [2.75, 3.05) is 0 Å². The number of hydrogen-bond donors (Lipinski definition) is 2. The Balaban J connectivity index is 2.33. The molecule has 0 aliphatic carbocycles. The number of aromatic nitrogens is 1. The van der Waals surface area contributed by atoms with Crippen LogP contribution in [0.5, 0.6) is 5.75 Å². The molecule has 19 heavy (non-hydrogen) atoms. The molecule has 0 radical (unpaired) electrons. The monoisotopic (exact) mass is 252 g/mol. The largest absolute Gasteiger partial charge is 0.506 e. The zero-order valence-electron chi connectivity index (χ0n) is 10.1. The number of para-hydroxylation sites is 3. The Morgan fingerprint density at radius 1 is 1.00 bits per heavy atom. The van der Waals surface area contributed by atoms with Crippen LogP contribution in [0.25, 0.3) is 16.6 Å². The number of phenols is 1. The van der Waals surface area contributed by atoms with Crippen molar-refractivity contribution in [1.82, 2.24) is 4.57 Å². The summed E-state index contributed by atoms with van der Waals surface area (Å²) in [6, 6.07) is 14.9. The number of benzene rings is 2. The van der Waals surface area contributed by atoms with Gasteiger partial charge >= 0.3 is 0 Å². The summed E-state index contributed by atoms with van der Waals surface area (Å²) < 4.78 is 1.88. The van der Waals surface area contributed by atoms with Crippen LogP contribution in [0.15, 0.2) is 59.9 Å². The summed E-state index contributed by atoms with van der Waals surface area (Å²) in [4.78, 5) is 0. The van der Waals surface area contributed by atoms with Gasteiger partial charge in [0, 0.05) is 17.1 Å². The SMILES string of the molecule is ON=Cc1cn(-c2ccccc2O)c2ccccc12. The number of oxime groups is 1. The Bertz CT molecular complexity index is 760. The van der Waals surface area contributed by atoms with Crippen LogP contribution >= 0.6 is 0 Å². The molecule has 0 saturated carbocycles. The van der Waals surface area contributed by atoms with Gasteiger partial charge in [0.1, 0.15) is 5.75 Å². The molecule has 0 aliphatic rings. The average Bonchev–Trinajstić information content (AvgIpc) is 2.79. The Morgan fingerprint density at radius 2 is 1.74 bits per heavy atom. The summed E-state index contributed by atoms with van der Waals surface area (Å²) in [6.07, 6.45) is 3.22. The predicted octanol–water partition coefficient (Wildman–Crippen LogP) is 3.14. The number of fused-ring (bicyclic) bond motifs is 1. The first kappa shape index (κ1) is 11.3. The highest BCUT2D eigenvalue weighted by molar-refractivity contribution is 6.00. The van der Waals surface area contributed by atoms with E-state index in [1.54, 1.807) is 12.1 Å². The number of rotatable bonds is 2. The molecule has 0 saturated heterocycles. The topological polar surface area (TPSA) is 57.8 Å². The maximum Gasteiger partial charge on any atom is 0.139 e. The summed E-state index contributed by atoms with van der Waals surface area (Å²) in [7, 11) is 0. The minimum Gasteiger partial charge on any atom is -0.506 e. The second-order valence-corrected chi connectivity index (χ2v) is 4.20. The molecule has 94 valence electrons. The molecule has 0 unspecified atom stereocenters. The first-order valence-electron chi connectivity index (χ1n) is 5.87. The van der Waals surface area contributed by atoms with Crippen LogP contribution in [0.1, 0.15) is 5.56 Å². The summed E-state index contributed by atoms with van der Waals surface area (Å²) in [6.45, 7) is 0. The first-order valence-corrected chi connectivity index (χ1v) is 5.87. The third kappa shape index (κ3) is 1.83. The molecule has 0 atom stereocenters. The molecule has 3 aromatic rings. The van der Waals surface area contributed by atoms with E-state index >= 15 is 0 Å². The van der Waals surface area contributed by atoms with Crippen LogP contribution in [0.4, 0.5) is 0 Å². The zero-order chi connectivity index (χ0) is 13.2. The van der Waals surface area contributed by atoms with Crippen molar-refractivity contribution in [3.63, 3.8) is 0 Å². The normalized spacial score (nSPS) is 11.4. The van der Waals surface area contributed by atoms with E-state index in [0.29, 0.717) is 5.69 Å². The standard InChI is InChI=1S/C15H12N2O2/c18-15-8-4-3-7-14(15)17-10-11(9-16-19)12-5-1-2-6-13(12)17/h1-10,18-19H. The second-order valence-electron chi connectivity index (χ2n) is 4.20. The van der Waals surface area contributed by atoms with Gasteiger partial charge in [-0.15, -0.1) is 0 Å². The van der Waals surface area contributed by atoms with Gasteiger partial charge in [0.25, 0.3) is 0 Å². The maximum absolute atomic E-state index is 9.96. The molecule has 0 bridgehead atoms. The minimum absolute atomic E-state index is 0.204. The van der Waals surface area contributed by atoms with Gasteiger partial charge in [-0.05, 0) is 18.2 Å². The van der Waals surface area contributed by atoms with Crippen molar-refractivity contribution in [2.24, 2.45) is 5.16 Å². The van der Waals surface area contributed by atoms with Crippen LogP contribution in [-0.4, -0.2) is 21.1 Å². The summed E-state index contributed by atoms with van der Waals surface area (Å²) >= 11 is 0. The first-order chi connectivity index (χ1) is 9.31. The lowest BCUT2D eigenvalue weighted by atomic mass is 10.2. The molecule has 1 aromatic heterocycles. The molecule has 2 aromatic carbocycles. The highest BCUT2D eigenvalue weighted by atomic mass is 16.4. The van der Waals surface area contributed by atoms with Crippen molar-refractivity contribution in [2.45, 2.75) is 0 Å². The highest BCUT2D eigenvalue weighted by Crippen LogP contribution is 2.28. The molecule has 0 amide bonds. The molecule has 4 nitrogen and oxygen atoms in total. The van der Waals surface area contributed by atoms with E-state index in [9.17, 15) is 5.11 Å². The molecular formula is C15H12N2O2. The fraction of sp³-hybridized carbons (Fsp3) is 0. The van der Waals surface area contributed by atoms with E-state index in [-0.39, 0.29) is 5.75 Å². The van der Waals surface area contributed by atoms with Crippen molar-refractivity contribution < 1.29 is 10.3 Å². The molecular weight excluding hydrogens is 240 g/mol. The smallest absolute Gasteiger partial charge is 0.139 e. The maximum atomic E-state index is 9.96. The van der Waals surface area contributed by atoms with Gasteiger partial charge in [-0.25, -0.2) is 0 Å². The van der Waals surface area contributed by atoms with Crippen LogP contribution in [0.2, 0.25) is 0 Å². The fourth-order valence-electron chi connectivity index (χ4n) is 2.24. The third-order valence-corrected chi connectivity index (χ3v) is 3.08. The summed E-state index contributed by atoms with van der Waals surface area (Å²) in [5, 5.41) is 22.7. The number of phenolic OH excluding ortho intramolecular Hbond substituents is 1. The Morgan fingerprint density at radius 3 is 2.53 bits per heavy atom. The lowest BCUT2D eigenvalue weighted by Crippen LogP contribution is -1.91. The Kier molecular flexibility index (Phi) is 2.68. The predicted molar refractivity (Wildman–Crippen MR) is 74.3 cm³/mol. The van der Waals surface area contributed by atoms with Crippen molar-refractivity contribution in [3.8, 4) is 11.4 Å². The molecule has 4 heteroatoms. The van der Waals surface area contributed by atoms with Crippen LogP contribution < -0.4 is 0 Å². The third-order valence-electron chi connectivity index (χ3n) is 3.08. The summed E-state index contributed by atoms with van der Waals surface area (Å²) in [5.41, 5.74) is 2.43. The zero-order valence-corrected chi connectivity index (χ0v) is 10.1. The molecule has 2 N–H and O–H groups in total. The fourth-order valence-corrected chi connectivity index (χ4v) is 2.24. The second kappa shape index (κ2) is 4.49. The van der Waals surface area contributed by atoms with Crippen molar-refractivity contribution >= 4 is 17.1 Å². The van der Waals surface area contributed by atoms with E-state index < -0.39 is 0 Å². The van der Waals surface area contributed by atoms with Crippen LogP contribution in [0.3, 0.4) is 0 Å². The molecule has 1 heterocycles. The number of aromatic hydroxyl groups is 1. The van der Waals surface area contributed by atoms with Gasteiger partial charge in [-0.3, -0.25) is 0 Å². The van der Waals surface area contributed by atoms with Gasteiger partial charge in [0.15, 0.2) is 0 Å². The lowest BCUT2D eigenvalue weighted by Gasteiger charge is -2.07. The van der Waals surface area contributed by atoms with Crippen molar-refractivity contribution in [3.05, 3.63) is 60.3 Å². The quantitative estimate of drug-likeness (QED) is 0.418. The van der Waals surface area contributed by atoms with Crippen LogP contribution in [0, 0.1) is 0 Å².